The lowest BCUT2D eigenvalue weighted by Gasteiger charge is -2.44. The maximum Gasteiger partial charge on any atom is 0.336 e. The van der Waals surface area contributed by atoms with Crippen LogP contribution in [-0.2, 0) is 6.54 Å². The van der Waals surface area contributed by atoms with E-state index in [0.29, 0.717) is 6.04 Å². The van der Waals surface area contributed by atoms with Gasteiger partial charge in [0.25, 0.3) is 0 Å². The first-order chi connectivity index (χ1) is 11.6. The standard InChI is InChI=1S/C21H27NO2/c1-14-10-18-17(12-21(23)24-20(18)11-15(14)2)13-22-9-5-7-16-6-3-4-8-19(16)22/h10-12,16,19H,3-9,13H2,1-2H3/t16-,19+/m1/s1. The summed E-state index contributed by atoms with van der Waals surface area (Å²) in [5, 5.41) is 1.11. The summed E-state index contributed by atoms with van der Waals surface area (Å²) in [5.41, 5.74) is 4.08. The highest BCUT2D eigenvalue weighted by Gasteiger charge is 2.33. The summed E-state index contributed by atoms with van der Waals surface area (Å²) in [6.45, 7) is 6.24. The van der Waals surface area contributed by atoms with Crippen molar-refractivity contribution in [2.75, 3.05) is 6.54 Å². The lowest BCUT2D eigenvalue weighted by atomic mass is 9.78. The summed E-state index contributed by atoms with van der Waals surface area (Å²) >= 11 is 0. The average molecular weight is 325 g/mol. The Morgan fingerprint density at radius 2 is 1.79 bits per heavy atom. The second-order valence-electron chi connectivity index (χ2n) is 7.75. The van der Waals surface area contributed by atoms with Gasteiger partial charge < -0.3 is 4.42 Å². The van der Waals surface area contributed by atoms with E-state index in [2.05, 4.69) is 24.8 Å². The molecule has 3 nitrogen and oxygen atoms in total. The molecule has 2 heterocycles. The summed E-state index contributed by atoms with van der Waals surface area (Å²) in [4.78, 5) is 14.7. The third kappa shape index (κ3) is 2.90. The first kappa shape index (κ1) is 15.9. The molecule has 1 saturated heterocycles. The Morgan fingerprint density at radius 1 is 1.04 bits per heavy atom. The Morgan fingerprint density at radius 3 is 2.67 bits per heavy atom. The predicted molar refractivity (Wildman–Crippen MR) is 97.3 cm³/mol. The van der Waals surface area contributed by atoms with Crippen molar-refractivity contribution in [1.82, 2.24) is 4.90 Å². The van der Waals surface area contributed by atoms with Gasteiger partial charge in [-0.05, 0) is 80.8 Å². The van der Waals surface area contributed by atoms with E-state index in [9.17, 15) is 4.79 Å². The third-order valence-electron chi connectivity index (χ3n) is 6.18. The number of benzene rings is 1. The first-order valence-electron chi connectivity index (χ1n) is 9.40. The highest BCUT2D eigenvalue weighted by Crippen LogP contribution is 2.36. The number of hydrogen-bond acceptors (Lipinski definition) is 3. The third-order valence-corrected chi connectivity index (χ3v) is 6.18. The summed E-state index contributed by atoms with van der Waals surface area (Å²) in [6.07, 6.45) is 8.13. The van der Waals surface area contributed by atoms with Gasteiger partial charge >= 0.3 is 5.63 Å². The normalized spacial score (nSPS) is 24.9. The van der Waals surface area contributed by atoms with Gasteiger partial charge in [-0.1, -0.05) is 12.8 Å². The van der Waals surface area contributed by atoms with Crippen molar-refractivity contribution in [3.8, 4) is 0 Å². The van der Waals surface area contributed by atoms with Crippen LogP contribution in [0.3, 0.4) is 0 Å². The second kappa shape index (κ2) is 6.36. The molecule has 2 atom stereocenters. The van der Waals surface area contributed by atoms with Crippen LogP contribution in [0.15, 0.2) is 27.4 Å². The fourth-order valence-electron chi connectivity index (χ4n) is 4.76. The van der Waals surface area contributed by atoms with E-state index in [4.69, 9.17) is 4.42 Å². The SMILES string of the molecule is Cc1cc2oc(=O)cc(CN3CCC[C@H]4CCCC[C@@H]43)c2cc1C. The van der Waals surface area contributed by atoms with E-state index in [0.717, 1.165) is 35.5 Å². The monoisotopic (exact) mass is 325 g/mol. The summed E-state index contributed by atoms with van der Waals surface area (Å²) < 4.78 is 5.46. The largest absolute Gasteiger partial charge is 0.423 e. The maximum absolute atomic E-state index is 12.0. The summed E-state index contributed by atoms with van der Waals surface area (Å²) in [6, 6.07) is 6.62. The van der Waals surface area contributed by atoms with E-state index in [1.807, 2.05) is 6.07 Å². The van der Waals surface area contributed by atoms with Gasteiger partial charge in [-0.15, -0.1) is 0 Å². The van der Waals surface area contributed by atoms with Gasteiger partial charge in [0.2, 0.25) is 0 Å². The van der Waals surface area contributed by atoms with Crippen molar-refractivity contribution in [3.05, 3.63) is 45.3 Å². The molecule has 0 amide bonds. The van der Waals surface area contributed by atoms with Crippen molar-refractivity contribution < 1.29 is 4.42 Å². The van der Waals surface area contributed by atoms with Gasteiger partial charge in [-0.3, -0.25) is 4.90 Å². The zero-order valence-corrected chi connectivity index (χ0v) is 14.8. The van der Waals surface area contributed by atoms with Gasteiger partial charge in [-0.2, -0.15) is 0 Å². The maximum atomic E-state index is 12.0. The Labute approximate surface area is 143 Å². The van der Waals surface area contributed by atoms with E-state index in [1.54, 1.807) is 6.07 Å². The van der Waals surface area contributed by atoms with Gasteiger partial charge in [0, 0.05) is 24.0 Å². The molecule has 3 heteroatoms. The molecular formula is C21H27NO2. The molecular weight excluding hydrogens is 298 g/mol. The van der Waals surface area contributed by atoms with Crippen LogP contribution in [0.5, 0.6) is 0 Å². The molecule has 24 heavy (non-hydrogen) atoms. The van der Waals surface area contributed by atoms with Crippen LogP contribution >= 0.6 is 0 Å². The van der Waals surface area contributed by atoms with Crippen LogP contribution in [0.25, 0.3) is 11.0 Å². The lowest BCUT2D eigenvalue weighted by molar-refractivity contribution is 0.0549. The molecule has 0 unspecified atom stereocenters. The van der Waals surface area contributed by atoms with Gasteiger partial charge in [0.1, 0.15) is 5.58 Å². The number of aryl methyl sites for hydroxylation is 2. The number of hydrogen-bond donors (Lipinski definition) is 0. The topological polar surface area (TPSA) is 33.5 Å². The van der Waals surface area contributed by atoms with E-state index < -0.39 is 0 Å². The number of likely N-dealkylation sites (tertiary alicyclic amines) is 1. The van der Waals surface area contributed by atoms with Crippen molar-refractivity contribution in [3.63, 3.8) is 0 Å². The first-order valence-corrected chi connectivity index (χ1v) is 9.40. The highest BCUT2D eigenvalue weighted by molar-refractivity contribution is 5.81. The van der Waals surface area contributed by atoms with Crippen LogP contribution in [0.2, 0.25) is 0 Å². The molecule has 1 aromatic carbocycles. The van der Waals surface area contributed by atoms with Gasteiger partial charge in [0.15, 0.2) is 0 Å². The second-order valence-corrected chi connectivity index (χ2v) is 7.75. The molecule has 2 aromatic rings. The molecule has 1 aliphatic carbocycles. The molecule has 1 aliphatic heterocycles. The number of fused-ring (bicyclic) bond motifs is 2. The predicted octanol–water partition coefficient (Wildman–Crippen LogP) is 4.56. The zero-order chi connectivity index (χ0) is 16.7. The Kier molecular flexibility index (Phi) is 4.21. The molecule has 128 valence electrons. The van der Waals surface area contributed by atoms with Gasteiger partial charge in [-0.25, -0.2) is 4.79 Å². The van der Waals surface area contributed by atoms with Crippen molar-refractivity contribution in [2.45, 2.75) is 65.0 Å². The Hall–Kier alpha value is -1.61. The summed E-state index contributed by atoms with van der Waals surface area (Å²) in [5.74, 6) is 0.864. The molecule has 0 N–H and O–H groups in total. The minimum atomic E-state index is -0.224. The molecule has 0 radical (unpaired) electrons. The molecule has 1 saturated carbocycles. The smallest absolute Gasteiger partial charge is 0.336 e. The van der Waals surface area contributed by atoms with Crippen LogP contribution in [-0.4, -0.2) is 17.5 Å². The van der Waals surface area contributed by atoms with Crippen LogP contribution in [0, 0.1) is 19.8 Å². The molecule has 1 aromatic heterocycles. The fourth-order valence-corrected chi connectivity index (χ4v) is 4.76. The van der Waals surface area contributed by atoms with E-state index >= 15 is 0 Å². The average Bonchev–Trinajstić information content (AvgIpc) is 2.57. The van der Waals surface area contributed by atoms with Crippen LogP contribution in [0.4, 0.5) is 0 Å². The highest BCUT2D eigenvalue weighted by atomic mass is 16.4. The molecule has 2 fully saturated rings. The van der Waals surface area contributed by atoms with E-state index in [1.165, 1.54) is 49.7 Å². The van der Waals surface area contributed by atoms with E-state index in [-0.39, 0.29) is 5.63 Å². The zero-order valence-electron chi connectivity index (χ0n) is 14.8. The fraction of sp³-hybridized carbons (Fsp3) is 0.571. The van der Waals surface area contributed by atoms with Gasteiger partial charge in [0.05, 0.1) is 0 Å². The minimum Gasteiger partial charge on any atom is -0.423 e. The lowest BCUT2D eigenvalue weighted by Crippen LogP contribution is -2.46. The van der Waals surface area contributed by atoms with Crippen molar-refractivity contribution in [2.24, 2.45) is 5.92 Å². The van der Waals surface area contributed by atoms with Crippen LogP contribution in [0.1, 0.15) is 55.2 Å². The Balaban J connectivity index is 1.71. The van der Waals surface area contributed by atoms with Crippen molar-refractivity contribution >= 4 is 11.0 Å². The molecule has 2 aliphatic rings. The molecule has 0 bridgehead atoms. The minimum absolute atomic E-state index is 0.224. The number of rotatable bonds is 2. The summed E-state index contributed by atoms with van der Waals surface area (Å²) in [7, 11) is 0. The quantitative estimate of drug-likeness (QED) is 0.759. The van der Waals surface area contributed by atoms with Crippen LogP contribution < -0.4 is 5.63 Å². The van der Waals surface area contributed by atoms with Crippen molar-refractivity contribution in [1.29, 1.82) is 0 Å². The Bertz CT molecular complexity index is 805. The molecule has 4 rings (SSSR count). The number of nitrogens with zero attached hydrogens (tertiary/aromatic N) is 1. The molecule has 0 spiro atoms. The number of piperidine rings is 1.